The first-order valence-electron chi connectivity index (χ1n) is 7.39. The number of aliphatic hydroxyl groups excluding tert-OH is 2. The number of carbonyl (C=O) groups is 1. The third kappa shape index (κ3) is 3.64. The second-order valence-corrected chi connectivity index (χ2v) is 7.05. The lowest BCUT2D eigenvalue weighted by Gasteiger charge is -2.56. The molecule has 0 radical (unpaired) electrons. The summed E-state index contributed by atoms with van der Waals surface area (Å²) in [5.74, 6) is 0.516. The van der Waals surface area contributed by atoms with Crippen molar-refractivity contribution in [3.8, 4) is 0 Å². The van der Waals surface area contributed by atoms with E-state index in [2.05, 4.69) is 12.2 Å². The molecule has 0 aromatic carbocycles. The monoisotopic (exact) mass is 287 g/mol. The number of ether oxygens (including phenoxy) is 1. The van der Waals surface area contributed by atoms with Crippen molar-refractivity contribution in [2.45, 2.75) is 59.1 Å². The number of rotatable bonds is 5. The highest BCUT2D eigenvalue weighted by molar-refractivity contribution is 5.68. The fourth-order valence-electron chi connectivity index (χ4n) is 3.22. The zero-order chi connectivity index (χ0) is 15.6. The number of hydrogen-bond acceptors (Lipinski definition) is 4. The summed E-state index contributed by atoms with van der Waals surface area (Å²) in [4.78, 5) is 11.8. The van der Waals surface area contributed by atoms with E-state index in [1.54, 1.807) is 20.8 Å². The molecule has 0 heterocycles. The second-order valence-electron chi connectivity index (χ2n) is 7.05. The highest BCUT2D eigenvalue weighted by Crippen LogP contribution is 2.54. The maximum Gasteiger partial charge on any atom is 0.407 e. The third-order valence-corrected chi connectivity index (χ3v) is 4.54. The Balaban J connectivity index is 2.66. The van der Waals surface area contributed by atoms with Crippen molar-refractivity contribution in [1.82, 2.24) is 5.32 Å². The highest BCUT2D eigenvalue weighted by Gasteiger charge is 2.53. The number of alkyl carbamates (subject to hydrolysis) is 1. The Morgan fingerprint density at radius 1 is 1.45 bits per heavy atom. The number of nitrogens with one attached hydrogen (secondary N) is 1. The molecule has 1 aliphatic rings. The molecule has 1 aliphatic carbocycles. The van der Waals surface area contributed by atoms with Crippen LogP contribution in [0.3, 0.4) is 0 Å². The molecule has 118 valence electrons. The standard InChI is InChI=1S/C15H29NO4/c1-6-10-7-11(15(10,5)9-18)12(8-17)16-13(19)20-14(2,3)4/h10-12,17-18H,6-9H2,1-5H3,(H,16,19)/t10?,11?,12-,15?/m1/s1. The van der Waals surface area contributed by atoms with Crippen molar-refractivity contribution in [3.63, 3.8) is 0 Å². The lowest BCUT2D eigenvalue weighted by atomic mass is 9.51. The molecule has 4 atom stereocenters. The van der Waals surface area contributed by atoms with Crippen LogP contribution in [-0.4, -0.2) is 41.2 Å². The van der Waals surface area contributed by atoms with Crippen LogP contribution in [0.4, 0.5) is 4.79 Å². The fourth-order valence-corrected chi connectivity index (χ4v) is 3.22. The largest absolute Gasteiger partial charge is 0.444 e. The van der Waals surface area contributed by atoms with Gasteiger partial charge in [0.1, 0.15) is 5.60 Å². The Labute approximate surface area is 121 Å². The maximum absolute atomic E-state index is 11.8. The van der Waals surface area contributed by atoms with E-state index >= 15 is 0 Å². The second kappa shape index (κ2) is 6.31. The van der Waals surface area contributed by atoms with E-state index in [-0.39, 0.29) is 30.6 Å². The molecular formula is C15H29NO4. The lowest BCUT2D eigenvalue weighted by Crippen LogP contribution is -2.59. The zero-order valence-electron chi connectivity index (χ0n) is 13.3. The molecule has 1 fully saturated rings. The molecule has 5 heteroatoms. The Morgan fingerprint density at radius 2 is 2.05 bits per heavy atom. The zero-order valence-corrected chi connectivity index (χ0v) is 13.3. The van der Waals surface area contributed by atoms with Gasteiger partial charge in [-0.15, -0.1) is 0 Å². The van der Waals surface area contributed by atoms with Gasteiger partial charge in [-0.1, -0.05) is 20.3 Å². The van der Waals surface area contributed by atoms with E-state index in [1.165, 1.54) is 0 Å². The molecule has 1 saturated carbocycles. The van der Waals surface area contributed by atoms with Crippen LogP contribution < -0.4 is 5.32 Å². The minimum absolute atomic E-state index is 0.0721. The van der Waals surface area contributed by atoms with Gasteiger partial charge in [0.25, 0.3) is 0 Å². The summed E-state index contributed by atoms with van der Waals surface area (Å²) < 4.78 is 5.22. The Hall–Kier alpha value is -0.810. The maximum atomic E-state index is 11.8. The molecule has 0 saturated heterocycles. The van der Waals surface area contributed by atoms with Crippen molar-refractivity contribution in [2.75, 3.05) is 13.2 Å². The normalized spacial score (nSPS) is 31.4. The molecule has 0 spiro atoms. The lowest BCUT2D eigenvalue weighted by molar-refractivity contribution is -0.103. The summed E-state index contributed by atoms with van der Waals surface area (Å²) in [6.45, 7) is 9.45. The summed E-state index contributed by atoms with van der Waals surface area (Å²) in [5.41, 5.74) is -0.799. The van der Waals surface area contributed by atoms with Crippen molar-refractivity contribution >= 4 is 6.09 Å². The first kappa shape index (κ1) is 17.2. The minimum Gasteiger partial charge on any atom is -0.444 e. The summed E-state index contributed by atoms with van der Waals surface area (Å²) in [7, 11) is 0. The molecule has 1 amide bonds. The van der Waals surface area contributed by atoms with Crippen molar-refractivity contribution in [2.24, 2.45) is 17.3 Å². The molecule has 0 aromatic heterocycles. The van der Waals surface area contributed by atoms with Crippen molar-refractivity contribution < 1.29 is 19.7 Å². The Bertz CT molecular complexity index is 339. The molecule has 0 aromatic rings. The van der Waals surface area contributed by atoms with Gasteiger partial charge in [0.15, 0.2) is 0 Å². The topological polar surface area (TPSA) is 78.8 Å². The number of carbonyl (C=O) groups excluding carboxylic acids is 1. The van der Waals surface area contributed by atoms with Crippen LogP contribution >= 0.6 is 0 Å². The average Bonchev–Trinajstić information content (AvgIpc) is 2.33. The molecule has 5 nitrogen and oxygen atoms in total. The van der Waals surface area contributed by atoms with Gasteiger partial charge in [0.2, 0.25) is 0 Å². The molecule has 20 heavy (non-hydrogen) atoms. The van der Waals surface area contributed by atoms with Gasteiger partial charge in [0.05, 0.1) is 12.6 Å². The minimum atomic E-state index is -0.560. The summed E-state index contributed by atoms with van der Waals surface area (Å²) >= 11 is 0. The molecule has 0 aliphatic heterocycles. The van der Waals surface area contributed by atoms with Crippen molar-refractivity contribution in [3.05, 3.63) is 0 Å². The molecule has 3 N–H and O–H groups in total. The van der Waals surface area contributed by atoms with E-state index in [1.807, 2.05) is 6.92 Å². The van der Waals surface area contributed by atoms with Gasteiger partial charge in [-0.3, -0.25) is 0 Å². The van der Waals surface area contributed by atoms with Crippen LogP contribution in [0, 0.1) is 17.3 Å². The van der Waals surface area contributed by atoms with E-state index in [4.69, 9.17) is 4.74 Å². The van der Waals surface area contributed by atoms with Crippen LogP contribution in [-0.2, 0) is 4.74 Å². The van der Waals surface area contributed by atoms with Gasteiger partial charge < -0.3 is 20.3 Å². The first-order valence-corrected chi connectivity index (χ1v) is 7.39. The number of hydrogen-bond donors (Lipinski definition) is 3. The van der Waals surface area contributed by atoms with Gasteiger partial charge in [-0.05, 0) is 44.4 Å². The van der Waals surface area contributed by atoms with Gasteiger partial charge in [-0.2, -0.15) is 0 Å². The van der Waals surface area contributed by atoms with Gasteiger partial charge in [-0.25, -0.2) is 4.79 Å². The summed E-state index contributed by atoms with van der Waals surface area (Å²) in [6.07, 6.45) is 1.39. The summed E-state index contributed by atoms with van der Waals surface area (Å²) in [5, 5.41) is 21.9. The highest BCUT2D eigenvalue weighted by atomic mass is 16.6. The van der Waals surface area contributed by atoms with Crippen LogP contribution in [0.5, 0.6) is 0 Å². The molecular weight excluding hydrogens is 258 g/mol. The number of amides is 1. The Morgan fingerprint density at radius 3 is 2.45 bits per heavy atom. The van der Waals surface area contributed by atoms with E-state index in [0.29, 0.717) is 5.92 Å². The van der Waals surface area contributed by atoms with Crippen molar-refractivity contribution in [1.29, 1.82) is 0 Å². The quantitative estimate of drug-likeness (QED) is 0.722. The summed E-state index contributed by atoms with van der Waals surface area (Å²) in [6, 6.07) is -0.371. The molecule has 1 rings (SSSR count). The van der Waals surface area contributed by atoms with Gasteiger partial charge in [0, 0.05) is 6.61 Å². The van der Waals surface area contributed by atoms with E-state index in [9.17, 15) is 15.0 Å². The Kier molecular flexibility index (Phi) is 5.44. The van der Waals surface area contributed by atoms with Gasteiger partial charge >= 0.3 is 6.09 Å². The number of aliphatic hydroxyl groups is 2. The fraction of sp³-hybridized carbons (Fsp3) is 0.933. The predicted octanol–water partition coefficient (Wildman–Crippen LogP) is 1.92. The van der Waals surface area contributed by atoms with E-state index in [0.717, 1.165) is 12.8 Å². The van der Waals surface area contributed by atoms with Crippen LogP contribution in [0.25, 0.3) is 0 Å². The molecule has 0 bridgehead atoms. The SMILES string of the molecule is CCC1CC([C@@H](CO)NC(=O)OC(C)(C)C)C1(C)CO. The van der Waals surface area contributed by atoms with Crippen LogP contribution in [0.2, 0.25) is 0 Å². The third-order valence-electron chi connectivity index (χ3n) is 4.54. The van der Waals surface area contributed by atoms with E-state index < -0.39 is 11.7 Å². The predicted molar refractivity (Wildman–Crippen MR) is 77.3 cm³/mol. The molecule has 3 unspecified atom stereocenters. The van der Waals surface area contributed by atoms with Crippen LogP contribution in [0.15, 0.2) is 0 Å². The first-order chi connectivity index (χ1) is 9.17. The smallest absolute Gasteiger partial charge is 0.407 e. The van der Waals surface area contributed by atoms with Crippen LogP contribution in [0.1, 0.15) is 47.5 Å². The average molecular weight is 287 g/mol.